The number of allylic oxidation sites excluding steroid dienone is 9. The van der Waals surface area contributed by atoms with Crippen LogP contribution in [0.15, 0.2) is 60.8 Å². The van der Waals surface area contributed by atoms with Crippen molar-refractivity contribution in [2.45, 2.75) is 147 Å². The third-order valence-electron chi connectivity index (χ3n) is 7.58. The molecule has 0 aromatic heterocycles. The summed E-state index contributed by atoms with van der Waals surface area (Å²) in [5.74, 6) is -0.209. The van der Waals surface area contributed by atoms with Crippen LogP contribution in [0.4, 0.5) is 0 Å². The Morgan fingerprint density at radius 1 is 0.778 bits per heavy atom. The fraction of sp³-hybridized carbons (Fsp3) is 0.694. The molecule has 45 heavy (non-hydrogen) atoms. The molecule has 7 atom stereocenters. The summed E-state index contributed by atoms with van der Waals surface area (Å²) in [5.41, 5.74) is 0. The van der Waals surface area contributed by atoms with Crippen LogP contribution in [0, 0.1) is 0 Å². The molecule has 0 saturated carbocycles. The molecule has 1 saturated heterocycles. The Morgan fingerprint density at radius 2 is 1.38 bits per heavy atom. The number of unbranched alkanes of at least 4 members (excludes halogenated alkanes) is 7. The zero-order valence-electron chi connectivity index (χ0n) is 27.6. The average molecular weight is 636 g/mol. The number of hydrogen-bond donors (Lipinski definition) is 6. The second kappa shape index (κ2) is 27.0. The third kappa shape index (κ3) is 19.2. The first-order valence-corrected chi connectivity index (χ1v) is 17.0. The van der Waals surface area contributed by atoms with Gasteiger partial charge in [-0.1, -0.05) is 107 Å². The molecule has 6 N–H and O–H groups in total. The van der Waals surface area contributed by atoms with Gasteiger partial charge in [0, 0.05) is 6.42 Å². The molecule has 0 aliphatic carbocycles. The van der Waals surface area contributed by atoms with Gasteiger partial charge in [0.05, 0.1) is 25.4 Å². The van der Waals surface area contributed by atoms with Gasteiger partial charge < -0.3 is 40.3 Å². The quantitative estimate of drug-likeness (QED) is 0.0611. The molecule has 1 heterocycles. The molecule has 0 radical (unpaired) electrons. The van der Waals surface area contributed by atoms with Gasteiger partial charge in [-0.25, -0.2) is 0 Å². The summed E-state index contributed by atoms with van der Waals surface area (Å²) < 4.78 is 11.0. The zero-order chi connectivity index (χ0) is 33.1. The van der Waals surface area contributed by atoms with E-state index >= 15 is 0 Å². The van der Waals surface area contributed by atoms with Crippen molar-refractivity contribution < 1.29 is 39.8 Å². The van der Waals surface area contributed by atoms with E-state index in [2.05, 4.69) is 60.8 Å². The Morgan fingerprint density at radius 3 is 2.00 bits per heavy atom. The molecule has 1 aliphatic rings. The Balaban J connectivity index is 2.28. The number of nitrogens with one attached hydrogen (secondary N) is 1. The smallest absolute Gasteiger partial charge is 0.220 e. The highest BCUT2D eigenvalue weighted by Gasteiger charge is 2.44. The van der Waals surface area contributed by atoms with Crippen molar-refractivity contribution in [2.24, 2.45) is 0 Å². The molecule has 7 unspecified atom stereocenters. The Kier molecular flexibility index (Phi) is 24.6. The van der Waals surface area contributed by atoms with Crippen LogP contribution in [0.3, 0.4) is 0 Å². The lowest BCUT2D eigenvalue weighted by molar-refractivity contribution is -0.302. The predicted molar refractivity (Wildman–Crippen MR) is 179 cm³/mol. The maximum Gasteiger partial charge on any atom is 0.220 e. The van der Waals surface area contributed by atoms with Gasteiger partial charge in [-0.2, -0.15) is 0 Å². The van der Waals surface area contributed by atoms with Crippen molar-refractivity contribution in [3.63, 3.8) is 0 Å². The normalized spacial score (nSPS) is 24.1. The lowest BCUT2D eigenvalue weighted by Crippen LogP contribution is -2.60. The van der Waals surface area contributed by atoms with Crippen LogP contribution in [0.1, 0.15) is 104 Å². The van der Waals surface area contributed by atoms with Gasteiger partial charge in [-0.15, -0.1) is 0 Å². The Labute approximate surface area is 271 Å². The third-order valence-corrected chi connectivity index (χ3v) is 7.58. The Bertz CT molecular complexity index is 884. The number of aliphatic hydroxyl groups is 5. The molecule has 258 valence electrons. The molecular formula is C36H61NO8. The van der Waals surface area contributed by atoms with Gasteiger partial charge in [0.1, 0.15) is 24.4 Å². The first kappa shape index (κ1) is 40.9. The molecular weight excluding hydrogens is 574 g/mol. The monoisotopic (exact) mass is 635 g/mol. The van der Waals surface area contributed by atoms with Crippen LogP contribution in [0.25, 0.3) is 0 Å². The summed E-state index contributed by atoms with van der Waals surface area (Å²) in [6.45, 7) is 3.39. The molecule has 1 rings (SSSR count). The lowest BCUT2D eigenvalue weighted by atomic mass is 9.99. The summed E-state index contributed by atoms with van der Waals surface area (Å²) in [6.07, 6.45) is 26.4. The molecule has 9 nitrogen and oxygen atoms in total. The molecule has 1 aliphatic heterocycles. The van der Waals surface area contributed by atoms with E-state index in [4.69, 9.17) is 9.47 Å². The molecule has 9 heteroatoms. The number of aliphatic hydroxyl groups excluding tert-OH is 5. The van der Waals surface area contributed by atoms with Crippen molar-refractivity contribution in [2.75, 3.05) is 13.2 Å². The minimum absolute atomic E-state index is 0.203. The molecule has 0 spiro atoms. The van der Waals surface area contributed by atoms with Crippen molar-refractivity contribution in [1.82, 2.24) is 5.32 Å². The highest BCUT2D eigenvalue weighted by atomic mass is 16.7. The highest BCUT2D eigenvalue weighted by Crippen LogP contribution is 2.22. The summed E-state index contributed by atoms with van der Waals surface area (Å²) in [6, 6.07) is -0.809. The minimum atomic E-state index is -1.57. The van der Waals surface area contributed by atoms with Gasteiger partial charge in [0.25, 0.3) is 0 Å². The number of carbonyl (C=O) groups excluding carboxylic acids is 1. The van der Waals surface area contributed by atoms with Crippen LogP contribution in [-0.2, 0) is 14.3 Å². The summed E-state index contributed by atoms with van der Waals surface area (Å²) >= 11 is 0. The molecule has 0 aromatic carbocycles. The fourth-order valence-corrected chi connectivity index (χ4v) is 4.80. The van der Waals surface area contributed by atoms with Gasteiger partial charge in [-0.05, 0) is 51.4 Å². The lowest BCUT2D eigenvalue weighted by Gasteiger charge is -2.40. The molecule has 1 amide bonds. The first-order chi connectivity index (χ1) is 21.8. The topological polar surface area (TPSA) is 149 Å². The highest BCUT2D eigenvalue weighted by molar-refractivity contribution is 5.76. The van der Waals surface area contributed by atoms with E-state index in [0.717, 1.165) is 83.5 Å². The zero-order valence-corrected chi connectivity index (χ0v) is 27.6. The maximum absolute atomic E-state index is 12.7. The van der Waals surface area contributed by atoms with E-state index in [1.54, 1.807) is 6.08 Å². The molecule has 0 bridgehead atoms. The van der Waals surface area contributed by atoms with Gasteiger partial charge >= 0.3 is 0 Å². The first-order valence-electron chi connectivity index (χ1n) is 17.0. The minimum Gasteiger partial charge on any atom is -0.394 e. The summed E-state index contributed by atoms with van der Waals surface area (Å²) in [7, 11) is 0. The van der Waals surface area contributed by atoms with Gasteiger partial charge in [0.15, 0.2) is 6.29 Å². The van der Waals surface area contributed by atoms with Crippen LogP contribution in [0.5, 0.6) is 0 Å². The average Bonchev–Trinajstić information content (AvgIpc) is 3.03. The SMILES string of the molecule is CC/C=C\C/C=C\C/C=C\C/C=C\CCCCCCCCC(=O)NC(COC1OC(CO)C(O)C(O)C1O)C(O)/C=C/CCC. The Hall–Kier alpha value is -2.11. The number of hydrogen-bond acceptors (Lipinski definition) is 8. The van der Waals surface area contributed by atoms with Crippen molar-refractivity contribution in [3.8, 4) is 0 Å². The summed E-state index contributed by atoms with van der Waals surface area (Å²) in [4.78, 5) is 12.7. The number of rotatable bonds is 25. The van der Waals surface area contributed by atoms with Crippen LogP contribution in [-0.4, -0.2) is 87.5 Å². The number of amides is 1. The van der Waals surface area contributed by atoms with Gasteiger partial charge in [-0.3, -0.25) is 4.79 Å². The van der Waals surface area contributed by atoms with Gasteiger partial charge in [0.2, 0.25) is 5.91 Å². The van der Waals surface area contributed by atoms with Crippen molar-refractivity contribution >= 4 is 5.91 Å². The predicted octanol–water partition coefficient (Wildman–Crippen LogP) is 4.93. The second-order valence-electron chi connectivity index (χ2n) is 11.6. The van der Waals surface area contributed by atoms with Crippen LogP contribution >= 0.6 is 0 Å². The van der Waals surface area contributed by atoms with Crippen LogP contribution < -0.4 is 5.32 Å². The standard InChI is InChI=1S/C36H61NO8/c1-3-5-7-8-9-10-11-12-13-14-15-16-17-18-19-20-21-22-24-26-32(40)37-29(30(39)25-23-6-4-2)28-44-36-35(43)34(42)33(41)31(27-38)45-36/h5,7,9-10,12-13,15-16,23,25,29-31,33-36,38-39,41-43H,3-4,6,8,11,14,17-22,24,26-28H2,1-2H3,(H,37,40)/b7-5-,10-9-,13-12-,16-15-,25-23+. The largest absolute Gasteiger partial charge is 0.394 e. The number of carbonyl (C=O) groups is 1. The van der Waals surface area contributed by atoms with E-state index in [9.17, 15) is 30.3 Å². The number of ether oxygens (including phenoxy) is 2. The van der Waals surface area contributed by atoms with Crippen molar-refractivity contribution in [1.29, 1.82) is 0 Å². The van der Waals surface area contributed by atoms with E-state index in [-0.39, 0.29) is 12.5 Å². The van der Waals surface area contributed by atoms with Crippen LogP contribution in [0.2, 0.25) is 0 Å². The van der Waals surface area contributed by atoms with E-state index < -0.39 is 49.5 Å². The maximum atomic E-state index is 12.7. The fourth-order valence-electron chi connectivity index (χ4n) is 4.80. The van der Waals surface area contributed by atoms with E-state index in [0.29, 0.717) is 6.42 Å². The van der Waals surface area contributed by atoms with Crippen molar-refractivity contribution in [3.05, 3.63) is 60.8 Å². The summed E-state index contributed by atoms with van der Waals surface area (Å²) in [5, 5.41) is 53.1. The molecule has 1 fully saturated rings. The van der Waals surface area contributed by atoms with E-state index in [1.165, 1.54) is 0 Å². The van der Waals surface area contributed by atoms with E-state index in [1.807, 2.05) is 13.0 Å². The second-order valence-corrected chi connectivity index (χ2v) is 11.6. The molecule has 0 aromatic rings.